The van der Waals surface area contributed by atoms with E-state index in [9.17, 15) is 4.79 Å². The highest BCUT2D eigenvalue weighted by Crippen LogP contribution is 2.12. The molecule has 3 N–H and O–H groups in total. The molecule has 0 heterocycles. The van der Waals surface area contributed by atoms with Crippen molar-refractivity contribution in [2.24, 2.45) is 5.73 Å². The average Bonchev–Trinajstić information content (AvgIpc) is 2.18. The summed E-state index contributed by atoms with van der Waals surface area (Å²) in [4.78, 5) is 11.4. The van der Waals surface area contributed by atoms with Gasteiger partial charge in [0.05, 0.1) is 12.1 Å². The molecule has 0 saturated heterocycles. The van der Waals surface area contributed by atoms with Crippen LogP contribution in [0.2, 0.25) is 0 Å². The summed E-state index contributed by atoms with van der Waals surface area (Å²) in [7, 11) is 0. The van der Waals surface area contributed by atoms with Gasteiger partial charge >= 0.3 is 0 Å². The second-order valence-electron chi connectivity index (χ2n) is 3.93. The molecule has 0 unspecified atom stereocenters. The summed E-state index contributed by atoms with van der Waals surface area (Å²) < 4.78 is 0. The van der Waals surface area contributed by atoms with Crippen LogP contribution in [0.25, 0.3) is 0 Å². The molecule has 3 heteroatoms. The van der Waals surface area contributed by atoms with Gasteiger partial charge in [-0.05, 0) is 26.3 Å². The van der Waals surface area contributed by atoms with Crippen molar-refractivity contribution in [3.63, 3.8) is 0 Å². The molecule has 82 valence electrons. The fraction of sp³-hybridized carbons (Fsp3) is 0.417. The van der Waals surface area contributed by atoms with Gasteiger partial charge in [-0.3, -0.25) is 4.79 Å². The fourth-order valence-corrected chi connectivity index (χ4v) is 1.28. The van der Waals surface area contributed by atoms with Crippen molar-refractivity contribution in [1.82, 2.24) is 5.32 Å². The lowest BCUT2D eigenvalue weighted by Gasteiger charge is -2.16. The number of carbonyl (C=O) groups is 1. The van der Waals surface area contributed by atoms with Gasteiger partial charge in [-0.1, -0.05) is 29.8 Å². The number of benzene rings is 1. The highest BCUT2D eigenvalue weighted by Gasteiger charge is 2.11. The van der Waals surface area contributed by atoms with E-state index in [2.05, 4.69) is 5.32 Å². The van der Waals surface area contributed by atoms with Gasteiger partial charge in [0.25, 0.3) is 0 Å². The lowest BCUT2D eigenvalue weighted by Crippen LogP contribution is -2.39. The van der Waals surface area contributed by atoms with Crippen molar-refractivity contribution in [1.29, 1.82) is 0 Å². The average molecular weight is 206 g/mol. The number of nitrogens with one attached hydrogen (secondary N) is 1. The van der Waals surface area contributed by atoms with Crippen LogP contribution in [-0.2, 0) is 4.79 Å². The van der Waals surface area contributed by atoms with Crippen molar-refractivity contribution in [2.45, 2.75) is 32.9 Å². The molecule has 1 aromatic carbocycles. The van der Waals surface area contributed by atoms with E-state index in [0.29, 0.717) is 0 Å². The maximum Gasteiger partial charge on any atom is 0.237 e. The first-order chi connectivity index (χ1) is 7.00. The van der Waals surface area contributed by atoms with Crippen molar-refractivity contribution in [3.8, 4) is 0 Å². The van der Waals surface area contributed by atoms with Gasteiger partial charge in [0.2, 0.25) is 5.91 Å². The Balaban J connectivity index is 2.65. The van der Waals surface area contributed by atoms with Gasteiger partial charge in [0.1, 0.15) is 0 Å². The summed E-state index contributed by atoms with van der Waals surface area (Å²) in [6, 6.07) is 7.64. The van der Waals surface area contributed by atoms with Crippen LogP contribution in [-0.4, -0.2) is 11.9 Å². The summed E-state index contributed by atoms with van der Waals surface area (Å²) in [5, 5.41) is 2.85. The minimum atomic E-state index is -0.460. The Morgan fingerprint density at radius 1 is 1.27 bits per heavy atom. The maximum atomic E-state index is 11.4. The van der Waals surface area contributed by atoms with Gasteiger partial charge in [-0.15, -0.1) is 0 Å². The van der Waals surface area contributed by atoms with E-state index in [4.69, 9.17) is 5.73 Å². The van der Waals surface area contributed by atoms with Crippen LogP contribution in [0, 0.1) is 6.92 Å². The molecule has 3 nitrogen and oxygen atoms in total. The minimum absolute atomic E-state index is 0.00380. The Kier molecular flexibility index (Phi) is 3.86. The zero-order chi connectivity index (χ0) is 11.4. The van der Waals surface area contributed by atoms with E-state index in [-0.39, 0.29) is 11.9 Å². The van der Waals surface area contributed by atoms with Gasteiger partial charge < -0.3 is 11.1 Å². The van der Waals surface area contributed by atoms with Crippen molar-refractivity contribution in [3.05, 3.63) is 35.4 Å². The molecule has 0 fully saturated rings. The number of aryl methyl sites for hydroxylation is 1. The Morgan fingerprint density at radius 3 is 2.27 bits per heavy atom. The zero-order valence-electron chi connectivity index (χ0n) is 9.45. The molecular formula is C12H18N2O. The standard InChI is InChI=1S/C12H18N2O/c1-8-4-6-11(7-5-8)10(3)14-12(15)9(2)13/h4-7,9-10H,13H2,1-3H3,(H,14,15)/t9-,10+/m1/s1. The SMILES string of the molecule is Cc1ccc([C@H](C)NC(=O)[C@@H](C)N)cc1. The Hall–Kier alpha value is -1.35. The van der Waals surface area contributed by atoms with Crippen LogP contribution in [0.5, 0.6) is 0 Å². The molecular weight excluding hydrogens is 188 g/mol. The summed E-state index contributed by atoms with van der Waals surface area (Å²) in [5.41, 5.74) is 7.78. The topological polar surface area (TPSA) is 55.1 Å². The third-order valence-electron chi connectivity index (χ3n) is 2.35. The molecule has 0 spiro atoms. The predicted octanol–water partition coefficient (Wildman–Crippen LogP) is 1.52. The first kappa shape index (κ1) is 11.7. The van der Waals surface area contributed by atoms with Crippen LogP contribution in [0.4, 0.5) is 0 Å². The predicted molar refractivity (Wildman–Crippen MR) is 61.4 cm³/mol. The Labute approximate surface area is 90.7 Å². The number of hydrogen-bond donors (Lipinski definition) is 2. The number of nitrogens with two attached hydrogens (primary N) is 1. The fourth-order valence-electron chi connectivity index (χ4n) is 1.28. The molecule has 0 saturated carbocycles. The zero-order valence-corrected chi connectivity index (χ0v) is 9.45. The number of rotatable bonds is 3. The molecule has 1 aromatic rings. The van der Waals surface area contributed by atoms with Gasteiger partial charge in [-0.25, -0.2) is 0 Å². The molecule has 1 rings (SSSR count). The van der Waals surface area contributed by atoms with E-state index in [1.54, 1.807) is 6.92 Å². The number of amides is 1. The normalized spacial score (nSPS) is 14.4. The molecule has 0 aliphatic rings. The number of hydrogen-bond acceptors (Lipinski definition) is 2. The van der Waals surface area contributed by atoms with Gasteiger partial charge in [0, 0.05) is 0 Å². The van der Waals surface area contributed by atoms with Crippen LogP contribution in [0.15, 0.2) is 24.3 Å². The first-order valence-electron chi connectivity index (χ1n) is 5.13. The van der Waals surface area contributed by atoms with Gasteiger partial charge in [0.15, 0.2) is 0 Å². The second-order valence-corrected chi connectivity index (χ2v) is 3.93. The van der Waals surface area contributed by atoms with Crippen molar-refractivity contribution < 1.29 is 4.79 Å². The quantitative estimate of drug-likeness (QED) is 0.787. The Morgan fingerprint density at radius 2 is 1.80 bits per heavy atom. The number of carbonyl (C=O) groups excluding carboxylic acids is 1. The second kappa shape index (κ2) is 4.94. The monoisotopic (exact) mass is 206 g/mol. The molecule has 0 bridgehead atoms. The van der Waals surface area contributed by atoms with Crippen LogP contribution in [0.1, 0.15) is 31.0 Å². The molecule has 0 aliphatic carbocycles. The van der Waals surface area contributed by atoms with E-state index in [0.717, 1.165) is 5.56 Å². The highest BCUT2D eigenvalue weighted by molar-refractivity contribution is 5.81. The van der Waals surface area contributed by atoms with E-state index in [1.165, 1.54) is 5.56 Å². The van der Waals surface area contributed by atoms with Crippen LogP contribution >= 0.6 is 0 Å². The summed E-state index contributed by atoms with van der Waals surface area (Å²) in [6.07, 6.45) is 0. The van der Waals surface area contributed by atoms with E-state index < -0.39 is 6.04 Å². The lowest BCUT2D eigenvalue weighted by atomic mass is 10.1. The van der Waals surface area contributed by atoms with E-state index >= 15 is 0 Å². The lowest BCUT2D eigenvalue weighted by molar-refractivity contribution is -0.122. The third-order valence-corrected chi connectivity index (χ3v) is 2.35. The summed E-state index contributed by atoms with van der Waals surface area (Å²) >= 11 is 0. The molecule has 15 heavy (non-hydrogen) atoms. The van der Waals surface area contributed by atoms with E-state index in [1.807, 2.05) is 38.1 Å². The summed E-state index contributed by atoms with van der Waals surface area (Å²) in [6.45, 7) is 5.66. The molecule has 0 radical (unpaired) electrons. The smallest absolute Gasteiger partial charge is 0.237 e. The van der Waals surface area contributed by atoms with Gasteiger partial charge in [-0.2, -0.15) is 0 Å². The molecule has 0 aliphatic heterocycles. The Bertz CT molecular complexity index is 330. The van der Waals surface area contributed by atoms with Crippen molar-refractivity contribution >= 4 is 5.91 Å². The molecule has 2 atom stereocenters. The third kappa shape index (κ3) is 3.36. The first-order valence-corrected chi connectivity index (χ1v) is 5.13. The maximum absolute atomic E-state index is 11.4. The highest BCUT2D eigenvalue weighted by atomic mass is 16.2. The minimum Gasteiger partial charge on any atom is -0.348 e. The summed E-state index contributed by atoms with van der Waals surface area (Å²) in [5.74, 6) is -0.122. The van der Waals surface area contributed by atoms with Crippen LogP contribution in [0.3, 0.4) is 0 Å². The van der Waals surface area contributed by atoms with Crippen LogP contribution < -0.4 is 11.1 Å². The molecule has 0 aromatic heterocycles. The largest absolute Gasteiger partial charge is 0.348 e. The van der Waals surface area contributed by atoms with Crippen molar-refractivity contribution in [2.75, 3.05) is 0 Å². The molecule has 1 amide bonds.